The molecule has 2 unspecified atom stereocenters. The van der Waals surface area contributed by atoms with Crippen molar-refractivity contribution in [1.82, 2.24) is 10.2 Å². The molecule has 1 aliphatic heterocycles. The number of hydrogen-bond donors (Lipinski definition) is 1. The van der Waals surface area contributed by atoms with Crippen LogP contribution >= 0.6 is 11.3 Å². The van der Waals surface area contributed by atoms with Crippen molar-refractivity contribution in [1.29, 1.82) is 0 Å². The van der Waals surface area contributed by atoms with Gasteiger partial charge >= 0.3 is 0 Å². The number of benzene rings is 2. The number of hydrogen-bond acceptors (Lipinski definition) is 5. The summed E-state index contributed by atoms with van der Waals surface area (Å²) in [5.74, 6) is -0.237. The van der Waals surface area contributed by atoms with Crippen LogP contribution in [0.25, 0.3) is 0 Å². The molecule has 0 saturated carbocycles. The Morgan fingerprint density at radius 2 is 1.87 bits per heavy atom. The Labute approximate surface area is 186 Å². The number of anilines is 2. The van der Waals surface area contributed by atoms with E-state index in [0.29, 0.717) is 24.5 Å². The van der Waals surface area contributed by atoms with Gasteiger partial charge in [0, 0.05) is 24.6 Å². The summed E-state index contributed by atoms with van der Waals surface area (Å²) >= 11 is 1.36. The fourth-order valence-corrected chi connectivity index (χ4v) is 4.92. The van der Waals surface area contributed by atoms with Gasteiger partial charge in [-0.1, -0.05) is 73.7 Å². The molecular weight excluding hydrogens is 408 g/mol. The standard InChI is InChI=1S/C24H26N4O2S/c1-3-16-10-8-9-13-20(16)28-15-18(14-21(28)29)23-26-27-24(31-23)25-22(30)19(4-2)17-11-6-5-7-12-17/h5-13,18-19H,3-4,14-15H2,1-2H3,(H,25,27,30). The van der Waals surface area contributed by atoms with Crippen LogP contribution in [0.2, 0.25) is 0 Å². The van der Waals surface area contributed by atoms with Crippen molar-refractivity contribution < 1.29 is 9.59 Å². The molecule has 6 nitrogen and oxygen atoms in total. The molecule has 1 aliphatic rings. The zero-order valence-corrected chi connectivity index (χ0v) is 18.6. The quantitative estimate of drug-likeness (QED) is 0.582. The Kier molecular flexibility index (Phi) is 6.42. The second kappa shape index (κ2) is 9.39. The van der Waals surface area contributed by atoms with Crippen LogP contribution in [0.1, 0.15) is 54.7 Å². The van der Waals surface area contributed by atoms with E-state index in [1.165, 1.54) is 11.3 Å². The summed E-state index contributed by atoms with van der Waals surface area (Å²) in [6.07, 6.45) is 1.98. The van der Waals surface area contributed by atoms with Crippen molar-refractivity contribution in [3.05, 3.63) is 70.7 Å². The number of carbonyl (C=O) groups excluding carboxylic acids is 2. The molecule has 7 heteroatoms. The number of carbonyl (C=O) groups is 2. The third-order valence-electron chi connectivity index (χ3n) is 5.74. The second-order valence-corrected chi connectivity index (χ2v) is 8.70. The van der Waals surface area contributed by atoms with E-state index in [-0.39, 0.29) is 23.7 Å². The fourth-order valence-electron chi connectivity index (χ4n) is 4.08. The molecule has 2 aromatic carbocycles. The lowest BCUT2D eigenvalue weighted by Gasteiger charge is -2.19. The maximum atomic E-state index is 12.8. The minimum Gasteiger partial charge on any atom is -0.311 e. The van der Waals surface area contributed by atoms with E-state index in [1.54, 1.807) is 0 Å². The summed E-state index contributed by atoms with van der Waals surface area (Å²) in [4.78, 5) is 27.4. The first-order valence-electron chi connectivity index (χ1n) is 10.7. The predicted octanol–water partition coefficient (Wildman–Crippen LogP) is 4.75. The van der Waals surface area contributed by atoms with Crippen LogP contribution in [0.15, 0.2) is 54.6 Å². The van der Waals surface area contributed by atoms with Crippen LogP contribution in [0, 0.1) is 0 Å². The monoisotopic (exact) mass is 434 g/mol. The molecule has 160 valence electrons. The first kappa shape index (κ1) is 21.2. The van der Waals surface area contributed by atoms with Gasteiger partial charge in [0.25, 0.3) is 0 Å². The molecule has 31 heavy (non-hydrogen) atoms. The topological polar surface area (TPSA) is 75.2 Å². The predicted molar refractivity (Wildman–Crippen MR) is 124 cm³/mol. The molecule has 2 amide bonds. The number of aromatic nitrogens is 2. The first-order valence-corrected chi connectivity index (χ1v) is 11.5. The summed E-state index contributed by atoms with van der Waals surface area (Å²) in [7, 11) is 0. The zero-order chi connectivity index (χ0) is 21.8. The minimum atomic E-state index is -0.234. The second-order valence-electron chi connectivity index (χ2n) is 7.69. The molecule has 1 saturated heterocycles. The lowest BCUT2D eigenvalue weighted by atomic mass is 9.96. The summed E-state index contributed by atoms with van der Waals surface area (Å²) in [6.45, 7) is 4.67. The van der Waals surface area contributed by atoms with E-state index in [0.717, 1.165) is 28.2 Å². The highest BCUT2D eigenvalue weighted by molar-refractivity contribution is 7.15. The summed E-state index contributed by atoms with van der Waals surface area (Å²) in [6, 6.07) is 17.8. The number of nitrogens with one attached hydrogen (secondary N) is 1. The molecule has 0 spiro atoms. The van der Waals surface area contributed by atoms with Gasteiger partial charge < -0.3 is 4.90 Å². The average molecular weight is 435 g/mol. The van der Waals surface area contributed by atoms with Gasteiger partial charge in [-0.05, 0) is 30.0 Å². The third-order valence-corrected chi connectivity index (χ3v) is 6.74. The molecule has 3 aromatic rings. The maximum absolute atomic E-state index is 12.8. The van der Waals surface area contributed by atoms with Crippen LogP contribution in [-0.2, 0) is 16.0 Å². The van der Waals surface area contributed by atoms with E-state index in [4.69, 9.17) is 0 Å². The molecule has 0 radical (unpaired) electrons. The largest absolute Gasteiger partial charge is 0.311 e. The Hall–Kier alpha value is -3.06. The smallest absolute Gasteiger partial charge is 0.233 e. The number of amides is 2. The Balaban J connectivity index is 1.45. The molecule has 4 rings (SSSR count). The van der Waals surface area contributed by atoms with Gasteiger partial charge in [0.2, 0.25) is 16.9 Å². The van der Waals surface area contributed by atoms with E-state index in [1.807, 2.05) is 60.4 Å². The van der Waals surface area contributed by atoms with E-state index in [2.05, 4.69) is 28.5 Å². The Bertz CT molecular complexity index is 1070. The van der Waals surface area contributed by atoms with Crippen molar-refractivity contribution >= 4 is 34.0 Å². The number of nitrogens with zero attached hydrogens (tertiary/aromatic N) is 3. The normalized spacial score (nSPS) is 17.0. The molecule has 1 fully saturated rings. The third kappa shape index (κ3) is 4.51. The van der Waals surface area contributed by atoms with Crippen molar-refractivity contribution in [2.24, 2.45) is 0 Å². The van der Waals surface area contributed by atoms with Gasteiger partial charge in [-0.15, -0.1) is 10.2 Å². The summed E-state index contributed by atoms with van der Waals surface area (Å²) in [5.41, 5.74) is 3.12. The van der Waals surface area contributed by atoms with Gasteiger partial charge in [0.1, 0.15) is 5.01 Å². The van der Waals surface area contributed by atoms with Gasteiger partial charge in [0.05, 0.1) is 5.92 Å². The SMILES string of the molecule is CCc1ccccc1N1CC(c2nnc(NC(=O)C(CC)c3ccccc3)s2)CC1=O. The average Bonchev–Trinajstić information content (AvgIpc) is 3.41. The maximum Gasteiger partial charge on any atom is 0.233 e. The molecule has 1 aromatic heterocycles. The number of para-hydroxylation sites is 1. The van der Waals surface area contributed by atoms with E-state index < -0.39 is 0 Å². The van der Waals surface area contributed by atoms with E-state index in [9.17, 15) is 9.59 Å². The first-order chi connectivity index (χ1) is 15.1. The molecule has 1 N–H and O–H groups in total. The summed E-state index contributed by atoms with van der Waals surface area (Å²) < 4.78 is 0. The highest BCUT2D eigenvalue weighted by atomic mass is 32.1. The van der Waals surface area contributed by atoms with Crippen LogP contribution in [0.5, 0.6) is 0 Å². The summed E-state index contributed by atoms with van der Waals surface area (Å²) in [5, 5.41) is 12.6. The lowest BCUT2D eigenvalue weighted by Crippen LogP contribution is -2.25. The minimum absolute atomic E-state index is 0.0170. The Morgan fingerprint density at radius 1 is 1.13 bits per heavy atom. The molecule has 0 bridgehead atoms. The van der Waals surface area contributed by atoms with Crippen LogP contribution < -0.4 is 10.2 Å². The van der Waals surface area contributed by atoms with Crippen LogP contribution in [0.4, 0.5) is 10.8 Å². The highest BCUT2D eigenvalue weighted by Gasteiger charge is 2.34. The fraction of sp³-hybridized carbons (Fsp3) is 0.333. The lowest BCUT2D eigenvalue weighted by molar-refractivity contribution is -0.118. The number of aryl methyl sites for hydroxylation is 1. The van der Waals surface area contributed by atoms with Gasteiger partial charge in [-0.2, -0.15) is 0 Å². The Morgan fingerprint density at radius 3 is 2.61 bits per heavy atom. The van der Waals surface area contributed by atoms with Crippen molar-refractivity contribution in [2.45, 2.75) is 44.9 Å². The van der Waals surface area contributed by atoms with E-state index >= 15 is 0 Å². The number of rotatable bonds is 7. The van der Waals surface area contributed by atoms with Crippen LogP contribution in [0.3, 0.4) is 0 Å². The van der Waals surface area contributed by atoms with Gasteiger partial charge in [-0.3, -0.25) is 14.9 Å². The van der Waals surface area contributed by atoms with Crippen LogP contribution in [-0.4, -0.2) is 28.6 Å². The molecule has 0 aliphatic carbocycles. The van der Waals surface area contributed by atoms with Crippen molar-refractivity contribution in [3.8, 4) is 0 Å². The molecule has 2 heterocycles. The highest BCUT2D eigenvalue weighted by Crippen LogP contribution is 2.36. The van der Waals surface area contributed by atoms with Gasteiger partial charge in [-0.25, -0.2) is 0 Å². The molecular formula is C24H26N4O2S. The van der Waals surface area contributed by atoms with Gasteiger partial charge in [0.15, 0.2) is 0 Å². The molecule has 2 atom stereocenters. The van der Waals surface area contributed by atoms with Crippen molar-refractivity contribution in [3.63, 3.8) is 0 Å². The zero-order valence-electron chi connectivity index (χ0n) is 17.7. The van der Waals surface area contributed by atoms with Crippen molar-refractivity contribution in [2.75, 3.05) is 16.8 Å².